The van der Waals surface area contributed by atoms with Crippen LogP contribution in [-0.4, -0.2) is 5.71 Å². The predicted octanol–water partition coefficient (Wildman–Crippen LogP) is 2.25. The highest BCUT2D eigenvalue weighted by atomic mass is 35.5. The molecule has 44 valence electrons. The molecular weight excluding hydrogens is 110 g/mol. The van der Waals surface area contributed by atoms with Crippen LogP contribution in [-0.2, 0) is 0 Å². The van der Waals surface area contributed by atoms with Crippen molar-refractivity contribution in [2.75, 3.05) is 0 Å². The molecule has 0 saturated carbocycles. The van der Waals surface area contributed by atoms with Gasteiger partial charge in [0.1, 0.15) is 0 Å². The lowest BCUT2D eigenvalue weighted by atomic mass is 10.2. The molecule has 1 nitrogen and oxygen atoms in total. The number of hydrogen-bond donors (Lipinski definition) is 1. The third kappa shape index (κ3) is 5.96. The van der Waals surface area contributed by atoms with Crippen molar-refractivity contribution in [3.63, 3.8) is 0 Å². The van der Waals surface area contributed by atoms with E-state index < -0.39 is 0 Å². The van der Waals surface area contributed by atoms with Gasteiger partial charge in [-0.15, -0.1) is 12.4 Å². The van der Waals surface area contributed by atoms with Gasteiger partial charge >= 0.3 is 0 Å². The molecule has 0 fully saturated rings. The summed E-state index contributed by atoms with van der Waals surface area (Å²) < 4.78 is 0. The fraction of sp³-hybridized carbons (Fsp3) is 0.800. The SMILES string of the molecule is CCC(=N)CC.Cl. The van der Waals surface area contributed by atoms with E-state index >= 15 is 0 Å². The van der Waals surface area contributed by atoms with Crippen molar-refractivity contribution in [2.45, 2.75) is 26.7 Å². The van der Waals surface area contributed by atoms with Crippen molar-refractivity contribution in [3.8, 4) is 0 Å². The number of rotatable bonds is 2. The fourth-order valence-electron chi connectivity index (χ4n) is 0.250. The van der Waals surface area contributed by atoms with E-state index in [1.165, 1.54) is 0 Å². The lowest BCUT2D eigenvalue weighted by molar-refractivity contribution is 1.13. The number of halogens is 1. The third-order valence-electron chi connectivity index (χ3n) is 0.854. The maximum atomic E-state index is 6.99. The Bertz CT molecular complexity index is 46.0. The molecule has 0 saturated heterocycles. The zero-order chi connectivity index (χ0) is 4.99. The van der Waals surface area contributed by atoms with Crippen LogP contribution in [0.5, 0.6) is 0 Å². The molecule has 1 N–H and O–H groups in total. The largest absolute Gasteiger partial charge is 0.310 e. The van der Waals surface area contributed by atoms with E-state index in [0.717, 1.165) is 18.6 Å². The summed E-state index contributed by atoms with van der Waals surface area (Å²) in [6.45, 7) is 4.01. The molecule has 0 aromatic heterocycles. The first-order valence-corrected chi connectivity index (χ1v) is 2.37. The molecule has 7 heavy (non-hydrogen) atoms. The molecular formula is C5H12ClN. The van der Waals surface area contributed by atoms with Gasteiger partial charge in [0.15, 0.2) is 0 Å². The molecule has 0 heterocycles. The summed E-state index contributed by atoms with van der Waals surface area (Å²) in [5, 5.41) is 6.99. The summed E-state index contributed by atoms with van der Waals surface area (Å²) >= 11 is 0. The van der Waals surface area contributed by atoms with Gasteiger partial charge < -0.3 is 5.41 Å². The van der Waals surface area contributed by atoms with Crippen LogP contribution in [0.1, 0.15) is 26.7 Å². The Kier molecular flexibility index (Phi) is 8.56. The van der Waals surface area contributed by atoms with Crippen molar-refractivity contribution in [1.82, 2.24) is 0 Å². The average molecular weight is 122 g/mol. The third-order valence-corrected chi connectivity index (χ3v) is 0.854. The smallest absolute Gasteiger partial charge is 0.00836 e. The minimum absolute atomic E-state index is 0. The second-order valence-corrected chi connectivity index (χ2v) is 1.31. The van der Waals surface area contributed by atoms with Crippen molar-refractivity contribution in [2.24, 2.45) is 0 Å². The van der Waals surface area contributed by atoms with Gasteiger partial charge in [0, 0.05) is 5.71 Å². The average Bonchev–Trinajstić information content (AvgIpc) is 1.65. The molecule has 0 aliphatic rings. The minimum Gasteiger partial charge on any atom is -0.310 e. The fourth-order valence-corrected chi connectivity index (χ4v) is 0.250. The highest BCUT2D eigenvalue weighted by Crippen LogP contribution is 1.83. The second-order valence-electron chi connectivity index (χ2n) is 1.31. The molecule has 0 atom stereocenters. The molecule has 2 heteroatoms. The Labute approximate surface area is 51.0 Å². The molecule has 0 rings (SSSR count). The normalized spacial score (nSPS) is 7.14. The van der Waals surface area contributed by atoms with E-state index in [-0.39, 0.29) is 12.4 Å². The van der Waals surface area contributed by atoms with Gasteiger partial charge in [-0.25, -0.2) is 0 Å². The van der Waals surface area contributed by atoms with Gasteiger partial charge in [0.05, 0.1) is 0 Å². The van der Waals surface area contributed by atoms with Crippen LogP contribution in [0.15, 0.2) is 0 Å². The summed E-state index contributed by atoms with van der Waals surface area (Å²) in [6.07, 6.45) is 1.83. The predicted molar refractivity (Wildman–Crippen MR) is 35.6 cm³/mol. The van der Waals surface area contributed by atoms with Crippen LogP contribution in [0.4, 0.5) is 0 Å². The van der Waals surface area contributed by atoms with E-state index in [2.05, 4.69) is 0 Å². The molecule has 0 spiro atoms. The van der Waals surface area contributed by atoms with Gasteiger partial charge in [0.25, 0.3) is 0 Å². The monoisotopic (exact) mass is 121 g/mol. The first-order chi connectivity index (χ1) is 2.81. The van der Waals surface area contributed by atoms with Crippen molar-refractivity contribution in [3.05, 3.63) is 0 Å². The lowest BCUT2D eigenvalue weighted by Crippen LogP contribution is -1.86. The number of nitrogens with one attached hydrogen (secondary N) is 1. The molecule has 0 amide bonds. The van der Waals surface area contributed by atoms with Gasteiger partial charge in [-0.1, -0.05) is 13.8 Å². The van der Waals surface area contributed by atoms with Crippen molar-refractivity contribution in [1.29, 1.82) is 5.41 Å². The molecule has 0 aliphatic heterocycles. The Morgan fingerprint density at radius 2 is 1.57 bits per heavy atom. The second kappa shape index (κ2) is 5.96. The Balaban J connectivity index is 0. The van der Waals surface area contributed by atoms with Crippen LogP contribution < -0.4 is 0 Å². The topological polar surface area (TPSA) is 23.9 Å². The van der Waals surface area contributed by atoms with Gasteiger partial charge in [-0.05, 0) is 12.8 Å². The maximum Gasteiger partial charge on any atom is 0.00836 e. The molecule has 0 unspecified atom stereocenters. The van der Waals surface area contributed by atoms with Crippen LogP contribution >= 0.6 is 12.4 Å². The summed E-state index contributed by atoms with van der Waals surface area (Å²) in [5.41, 5.74) is 0.843. The summed E-state index contributed by atoms with van der Waals surface area (Å²) in [6, 6.07) is 0. The number of hydrogen-bond acceptors (Lipinski definition) is 1. The van der Waals surface area contributed by atoms with Crippen molar-refractivity contribution >= 4 is 18.1 Å². The molecule has 0 radical (unpaired) electrons. The quantitative estimate of drug-likeness (QED) is 0.542. The van der Waals surface area contributed by atoms with Crippen molar-refractivity contribution < 1.29 is 0 Å². The van der Waals surface area contributed by atoms with Crippen LogP contribution in [0.3, 0.4) is 0 Å². The van der Waals surface area contributed by atoms with E-state index in [4.69, 9.17) is 5.41 Å². The van der Waals surface area contributed by atoms with E-state index in [1.807, 2.05) is 13.8 Å². The molecule has 0 aliphatic carbocycles. The zero-order valence-corrected chi connectivity index (χ0v) is 5.64. The lowest BCUT2D eigenvalue weighted by Gasteiger charge is -1.86. The molecule has 0 bridgehead atoms. The Hall–Kier alpha value is -0.0400. The van der Waals surface area contributed by atoms with Crippen LogP contribution in [0, 0.1) is 5.41 Å². The Morgan fingerprint density at radius 3 is 1.57 bits per heavy atom. The van der Waals surface area contributed by atoms with Gasteiger partial charge in [-0.3, -0.25) is 0 Å². The molecule has 0 aromatic rings. The molecule has 0 aromatic carbocycles. The first kappa shape index (κ1) is 10.0. The Morgan fingerprint density at radius 1 is 1.29 bits per heavy atom. The zero-order valence-electron chi connectivity index (χ0n) is 4.82. The van der Waals surface area contributed by atoms with Gasteiger partial charge in [-0.2, -0.15) is 0 Å². The van der Waals surface area contributed by atoms with E-state index in [9.17, 15) is 0 Å². The van der Waals surface area contributed by atoms with E-state index in [1.54, 1.807) is 0 Å². The summed E-state index contributed by atoms with van der Waals surface area (Å²) in [4.78, 5) is 0. The van der Waals surface area contributed by atoms with E-state index in [0.29, 0.717) is 0 Å². The first-order valence-electron chi connectivity index (χ1n) is 2.37. The summed E-state index contributed by atoms with van der Waals surface area (Å²) in [5.74, 6) is 0. The standard InChI is InChI=1S/C5H11N.ClH/c1-3-5(6)4-2;/h6H,3-4H2,1-2H3;1H. The minimum atomic E-state index is 0. The van der Waals surface area contributed by atoms with Gasteiger partial charge in [0.2, 0.25) is 0 Å². The van der Waals surface area contributed by atoms with Crippen LogP contribution in [0.2, 0.25) is 0 Å². The highest BCUT2D eigenvalue weighted by molar-refractivity contribution is 5.85. The van der Waals surface area contributed by atoms with Crippen LogP contribution in [0.25, 0.3) is 0 Å². The maximum absolute atomic E-state index is 6.99. The highest BCUT2D eigenvalue weighted by Gasteiger charge is 1.81. The summed E-state index contributed by atoms with van der Waals surface area (Å²) in [7, 11) is 0.